The van der Waals surface area contributed by atoms with E-state index in [2.05, 4.69) is 10.6 Å². The molecule has 1 unspecified atom stereocenters. The van der Waals surface area contributed by atoms with Crippen LogP contribution in [0.15, 0.2) is 83.8 Å². The first-order valence-electron chi connectivity index (χ1n) is 11.7. The second kappa shape index (κ2) is 10.9. The molecule has 3 amide bonds. The van der Waals surface area contributed by atoms with Crippen molar-refractivity contribution in [2.24, 2.45) is 5.92 Å². The van der Waals surface area contributed by atoms with Crippen molar-refractivity contribution in [2.75, 3.05) is 29.1 Å². The molecule has 1 atom stereocenters. The van der Waals surface area contributed by atoms with E-state index in [1.165, 1.54) is 42.5 Å². The largest absolute Gasteiger partial charge is 0.326 e. The van der Waals surface area contributed by atoms with Gasteiger partial charge in [0.1, 0.15) is 0 Å². The Balaban J connectivity index is 1.37. The van der Waals surface area contributed by atoms with Gasteiger partial charge in [-0.15, -0.1) is 0 Å². The average molecular weight is 521 g/mol. The van der Waals surface area contributed by atoms with Gasteiger partial charge in [0, 0.05) is 50.5 Å². The van der Waals surface area contributed by atoms with E-state index in [0.717, 1.165) is 5.56 Å². The fourth-order valence-corrected chi connectivity index (χ4v) is 5.28. The summed E-state index contributed by atoms with van der Waals surface area (Å²) in [5.74, 6) is -1.23. The third-order valence-electron chi connectivity index (χ3n) is 6.07. The number of nitrogens with zero attached hydrogens (tertiary/aromatic N) is 2. The van der Waals surface area contributed by atoms with Gasteiger partial charge in [-0.05, 0) is 54.1 Å². The van der Waals surface area contributed by atoms with Crippen molar-refractivity contribution in [2.45, 2.75) is 24.8 Å². The summed E-state index contributed by atoms with van der Waals surface area (Å²) in [6.45, 7) is 1.88. The van der Waals surface area contributed by atoms with E-state index < -0.39 is 15.9 Å². The maximum Gasteiger partial charge on any atom is 0.243 e. The Morgan fingerprint density at radius 2 is 1.51 bits per heavy atom. The molecule has 1 aliphatic heterocycles. The van der Waals surface area contributed by atoms with Crippen LogP contribution in [0.4, 0.5) is 17.1 Å². The van der Waals surface area contributed by atoms with Gasteiger partial charge in [-0.1, -0.05) is 30.3 Å². The molecule has 3 aromatic rings. The molecule has 1 heterocycles. The summed E-state index contributed by atoms with van der Waals surface area (Å²) in [7, 11) is -2.18. The molecule has 0 bridgehead atoms. The highest BCUT2D eigenvalue weighted by atomic mass is 32.2. The maximum atomic E-state index is 12.9. The van der Waals surface area contributed by atoms with Crippen molar-refractivity contribution in [3.8, 4) is 0 Å². The average Bonchev–Trinajstić information content (AvgIpc) is 3.27. The van der Waals surface area contributed by atoms with Crippen molar-refractivity contribution < 1.29 is 22.8 Å². The summed E-state index contributed by atoms with van der Waals surface area (Å²) in [6, 6.07) is 22.1. The van der Waals surface area contributed by atoms with Gasteiger partial charge in [0.05, 0.1) is 10.8 Å². The molecule has 4 rings (SSSR count). The standard InChI is InChI=1S/C27H28N4O5S/c1-19(32)28-22-8-12-24(13-9-22)31-18-21(16-26(31)33)27(34)29-23-10-14-25(15-11-23)37(35,36)30(2)17-20-6-4-3-5-7-20/h3-15,21H,16-18H2,1-2H3,(H,28,32)(H,29,34). The van der Waals surface area contributed by atoms with E-state index in [1.54, 1.807) is 29.2 Å². The van der Waals surface area contributed by atoms with Gasteiger partial charge in [0.15, 0.2) is 0 Å². The first kappa shape index (κ1) is 26.1. The fraction of sp³-hybridized carbons (Fsp3) is 0.222. The zero-order valence-electron chi connectivity index (χ0n) is 20.5. The summed E-state index contributed by atoms with van der Waals surface area (Å²) in [6.07, 6.45) is 0.0655. The Morgan fingerprint density at radius 1 is 0.919 bits per heavy atom. The highest BCUT2D eigenvalue weighted by Crippen LogP contribution is 2.27. The van der Waals surface area contributed by atoms with Gasteiger partial charge in [-0.25, -0.2) is 8.42 Å². The summed E-state index contributed by atoms with van der Waals surface area (Å²) in [5.41, 5.74) is 2.58. The lowest BCUT2D eigenvalue weighted by Gasteiger charge is -2.18. The van der Waals surface area contributed by atoms with Gasteiger partial charge in [0.2, 0.25) is 27.7 Å². The van der Waals surface area contributed by atoms with Crippen LogP contribution in [0.25, 0.3) is 0 Å². The Labute approximate surface area is 216 Å². The van der Waals surface area contributed by atoms with E-state index in [-0.39, 0.29) is 42.1 Å². The SMILES string of the molecule is CC(=O)Nc1ccc(N2CC(C(=O)Nc3ccc(S(=O)(=O)N(C)Cc4ccccc4)cc3)CC2=O)cc1. The third kappa shape index (κ3) is 6.22. The van der Waals surface area contributed by atoms with Crippen LogP contribution in [0.3, 0.4) is 0 Å². The predicted molar refractivity (Wildman–Crippen MR) is 141 cm³/mol. The number of nitrogens with one attached hydrogen (secondary N) is 2. The minimum atomic E-state index is -3.71. The molecule has 37 heavy (non-hydrogen) atoms. The van der Waals surface area contributed by atoms with Crippen LogP contribution in [0.5, 0.6) is 0 Å². The summed E-state index contributed by atoms with van der Waals surface area (Å²) in [5, 5.41) is 5.45. The molecule has 3 aromatic carbocycles. The lowest BCUT2D eigenvalue weighted by atomic mass is 10.1. The fourth-order valence-electron chi connectivity index (χ4n) is 4.12. The molecular formula is C27H28N4O5S. The molecule has 10 heteroatoms. The number of amides is 3. The molecule has 0 aromatic heterocycles. The second-order valence-electron chi connectivity index (χ2n) is 8.89. The number of hydrogen-bond acceptors (Lipinski definition) is 5. The molecule has 2 N–H and O–H groups in total. The number of rotatable bonds is 8. The van der Waals surface area contributed by atoms with Gasteiger partial charge in [0.25, 0.3) is 0 Å². The van der Waals surface area contributed by atoms with Crippen LogP contribution in [0, 0.1) is 5.92 Å². The third-order valence-corrected chi connectivity index (χ3v) is 7.89. The van der Waals surface area contributed by atoms with Gasteiger partial charge in [-0.2, -0.15) is 4.31 Å². The summed E-state index contributed by atoms with van der Waals surface area (Å²) < 4.78 is 27.1. The Hall–Kier alpha value is -4.02. The second-order valence-corrected chi connectivity index (χ2v) is 10.9. The number of anilines is 3. The van der Waals surface area contributed by atoms with Crippen molar-refractivity contribution in [1.29, 1.82) is 0 Å². The van der Waals surface area contributed by atoms with Gasteiger partial charge < -0.3 is 15.5 Å². The minimum absolute atomic E-state index is 0.0655. The van der Waals surface area contributed by atoms with Gasteiger partial charge in [-0.3, -0.25) is 14.4 Å². The van der Waals surface area contributed by atoms with Crippen LogP contribution < -0.4 is 15.5 Å². The molecule has 0 spiro atoms. The van der Waals surface area contributed by atoms with Crippen LogP contribution in [0.2, 0.25) is 0 Å². The topological polar surface area (TPSA) is 116 Å². The van der Waals surface area contributed by atoms with Crippen LogP contribution in [-0.4, -0.2) is 44.0 Å². The lowest BCUT2D eigenvalue weighted by Crippen LogP contribution is -2.28. The number of carbonyl (C=O) groups excluding carboxylic acids is 3. The zero-order chi connectivity index (χ0) is 26.6. The van der Waals surface area contributed by atoms with Crippen LogP contribution in [0.1, 0.15) is 18.9 Å². The maximum absolute atomic E-state index is 12.9. The molecule has 192 valence electrons. The van der Waals surface area contributed by atoms with Crippen molar-refractivity contribution in [1.82, 2.24) is 4.31 Å². The highest BCUT2D eigenvalue weighted by molar-refractivity contribution is 7.89. The number of carbonyl (C=O) groups is 3. The summed E-state index contributed by atoms with van der Waals surface area (Å²) in [4.78, 5) is 38.2. The van der Waals surface area contributed by atoms with E-state index in [1.807, 2.05) is 30.3 Å². The molecule has 0 saturated carbocycles. The molecule has 1 saturated heterocycles. The molecule has 1 fully saturated rings. The smallest absolute Gasteiger partial charge is 0.243 e. The molecule has 0 radical (unpaired) electrons. The van der Waals surface area contributed by atoms with E-state index in [0.29, 0.717) is 17.1 Å². The number of sulfonamides is 1. The normalized spacial score (nSPS) is 15.6. The van der Waals surface area contributed by atoms with E-state index in [9.17, 15) is 22.8 Å². The quantitative estimate of drug-likeness (QED) is 0.472. The minimum Gasteiger partial charge on any atom is -0.326 e. The van der Waals surface area contributed by atoms with Crippen molar-refractivity contribution >= 4 is 44.8 Å². The van der Waals surface area contributed by atoms with Crippen molar-refractivity contribution in [3.63, 3.8) is 0 Å². The first-order chi connectivity index (χ1) is 17.6. The Kier molecular flexibility index (Phi) is 7.70. The number of benzene rings is 3. The van der Waals surface area contributed by atoms with Crippen LogP contribution in [-0.2, 0) is 31.0 Å². The first-order valence-corrected chi connectivity index (χ1v) is 13.2. The highest BCUT2D eigenvalue weighted by Gasteiger charge is 2.35. The zero-order valence-corrected chi connectivity index (χ0v) is 21.4. The molecule has 9 nitrogen and oxygen atoms in total. The van der Waals surface area contributed by atoms with E-state index >= 15 is 0 Å². The Bertz CT molecular complexity index is 1390. The molecule has 0 aliphatic carbocycles. The Morgan fingerprint density at radius 3 is 2.14 bits per heavy atom. The molecular weight excluding hydrogens is 492 g/mol. The van der Waals surface area contributed by atoms with Gasteiger partial charge >= 0.3 is 0 Å². The lowest BCUT2D eigenvalue weighted by molar-refractivity contribution is -0.122. The van der Waals surface area contributed by atoms with Crippen molar-refractivity contribution in [3.05, 3.63) is 84.4 Å². The van der Waals surface area contributed by atoms with E-state index in [4.69, 9.17) is 0 Å². The van der Waals surface area contributed by atoms with Crippen LogP contribution >= 0.6 is 0 Å². The monoisotopic (exact) mass is 520 g/mol. The number of hydrogen-bond donors (Lipinski definition) is 2. The molecule has 1 aliphatic rings. The summed E-state index contributed by atoms with van der Waals surface area (Å²) >= 11 is 0. The predicted octanol–water partition coefficient (Wildman–Crippen LogP) is 3.46.